The molecule has 0 spiro atoms. The molecule has 9 heteroatoms. The highest BCUT2D eigenvalue weighted by Crippen LogP contribution is 2.32. The highest BCUT2D eigenvalue weighted by molar-refractivity contribution is 7.12. The lowest BCUT2D eigenvalue weighted by Gasteiger charge is -2.28. The summed E-state index contributed by atoms with van der Waals surface area (Å²) < 4.78 is 4.82. The average molecular weight is 509 g/mol. The molecule has 1 aliphatic heterocycles. The molecule has 36 heavy (non-hydrogen) atoms. The minimum absolute atomic E-state index is 0.0981. The van der Waals surface area contributed by atoms with Gasteiger partial charge in [-0.2, -0.15) is 0 Å². The Morgan fingerprint density at radius 3 is 2.47 bits per heavy atom. The van der Waals surface area contributed by atoms with E-state index in [4.69, 9.17) is 4.74 Å². The van der Waals surface area contributed by atoms with Crippen molar-refractivity contribution in [1.82, 2.24) is 10.2 Å². The average Bonchev–Trinajstić information content (AvgIpc) is 3.61. The number of nitrogens with one attached hydrogen (secondary N) is 1. The second kappa shape index (κ2) is 11.5. The van der Waals surface area contributed by atoms with Crippen LogP contribution in [0.4, 0.5) is 0 Å². The lowest BCUT2D eigenvalue weighted by molar-refractivity contribution is -0.153. The van der Waals surface area contributed by atoms with Crippen molar-refractivity contribution in [2.24, 2.45) is 0 Å². The van der Waals surface area contributed by atoms with Crippen LogP contribution in [0.5, 0.6) is 0 Å². The zero-order valence-electron chi connectivity index (χ0n) is 19.8. The maximum Gasteiger partial charge on any atom is 0.348 e. The van der Waals surface area contributed by atoms with E-state index in [1.165, 1.54) is 23.3 Å². The van der Waals surface area contributed by atoms with E-state index in [0.29, 0.717) is 11.4 Å². The van der Waals surface area contributed by atoms with Crippen molar-refractivity contribution in [3.05, 3.63) is 82.0 Å². The van der Waals surface area contributed by atoms with E-state index >= 15 is 0 Å². The first-order chi connectivity index (χ1) is 17.4. The van der Waals surface area contributed by atoms with Gasteiger partial charge in [0, 0.05) is 18.7 Å². The van der Waals surface area contributed by atoms with Crippen LogP contribution in [0.3, 0.4) is 0 Å². The fourth-order valence-corrected chi connectivity index (χ4v) is 5.22. The van der Waals surface area contributed by atoms with Crippen LogP contribution in [0.1, 0.15) is 39.7 Å². The van der Waals surface area contributed by atoms with Gasteiger partial charge in [-0.1, -0.05) is 54.6 Å². The summed E-state index contributed by atoms with van der Waals surface area (Å²) in [5.74, 6) is -1.89. The summed E-state index contributed by atoms with van der Waals surface area (Å²) in [6, 6.07) is 18.4. The Balaban J connectivity index is 1.34. The van der Waals surface area contributed by atoms with Gasteiger partial charge in [0.05, 0.1) is 13.2 Å². The third-order valence-corrected chi connectivity index (χ3v) is 7.20. The SMILES string of the molecule is COC(=O)c1sccc1-c1ccc(CNC(=O)C(O)[C@@H](O)C(=O)N2CCC[C@@H]2c2ccccc2)cc1. The minimum atomic E-state index is -1.89. The summed E-state index contributed by atoms with van der Waals surface area (Å²) in [7, 11) is 1.34. The van der Waals surface area contributed by atoms with E-state index < -0.39 is 30.0 Å². The molecule has 2 amide bonds. The molecule has 3 atom stereocenters. The number of aliphatic hydroxyl groups is 2. The summed E-state index contributed by atoms with van der Waals surface area (Å²) in [5, 5.41) is 25.2. The molecule has 3 N–H and O–H groups in total. The first-order valence-electron chi connectivity index (χ1n) is 11.6. The zero-order valence-corrected chi connectivity index (χ0v) is 20.6. The first-order valence-corrected chi connectivity index (χ1v) is 12.5. The molecular weight excluding hydrogens is 480 g/mol. The number of methoxy groups -OCH3 is 1. The van der Waals surface area contributed by atoms with Gasteiger partial charge in [-0.05, 0) is 41.0 Å². The summed E-state index contributed by atoms with van der Waals surface area (Å²) in [5.41, 5.74) is 3.29. The lowest BCUT2D eigenvalue weighted by Crippen LogP contribution is -2.50. The fraction of sp³-hybridized carbons (Fsp3) is 0.296. The molecule has 2 heterocycles. The van der Waals surface area contributed by atoms with Crippen LogP contribution in [0.15, 0.2) is 66.0 Å². The van der Waals surface area contributed by atoms with Crippen molar-refractivity contribution in [1.29, 1.82) is 0 Å². The molecule has 3 aromatic rings. The number of thiophene rings is 1. The van der Waals surface area contributed by atoms with Gasteiger partial charge in [0.25, 0.3) is 11.8 Å². The number of nitrogens with zero attached hydrogens (tertiary/aromatic N) is 1. The number of rotatable bonds is 8. The van der Waals surface area contributed by atoms with Gasteiger partial charge in [0.1, 0.15) is 4.88 Å². The summed E-state index contributed by atoms with van der Waals surface area (Å²) in [4.78, 5) is 39.4. The topological polar surface area (TPSA) is 116 Å². The van der Waals surface area contributed by atoms with Crippen LogP contribution in [0, 0.1) is 0 Å². The van der Waals surface area contributed by atoms with Gasteiger partial charge in [-0.3, -0.25) is 9.59 Å². The number of benzene rings is 2. The standard InChI is InChI=1S/C27H28N2O6S/c1-35-27(34)24-20(13-15-36-24)18-11-9-17(10-12-18)16-28-25(32)22(30)23(31)26(33)29-14-5-8-21(29)19-6-3-2-4-7-19/h2-4,6-7,9-13,15,21-23,30-31H,5,8,14,16H2,1H3,(H,28,32)/t21-,22?,23-/m1/s1. The number of ether oxygens (including phenoxy) is 1. The molecule has 0 bridgehead atoms. The second-order valence-electron chi connectivity index (χ2n) is 8.56. The molecule has 1 unspecified atom stereocenters. The van der Waals surface area contributed by atoms with Crippen molar-refractivity contribution in [2.45, 2.75) is 37.6 Å². The van der Waals surface area contributed by atoms with E-state index in [-0.39, 0.29) is 12.6 Å². The van der Waals surface area contributed by atoms with Crippen molar-refractivity contribution >= 4 is 29.1 Å². The monoisotopic (exact) mass is 508 g/mol. The maximum atomic E-state index is 12.9. The first kappa shape index (κ1) is 25.6. The molecule has 1 fully saturated rings. The largest absolute Gasteiger partial charge is 0.465 e. The van der Waals surface area contributed by atoms with Crippen LogP contribution in [0.2, 0.25) is 0 Å². The van der Waals surface area contributed by atoms with E-state index in [0.717, 1.165) is 35.1 Å². The predicted octanol–water partition coefficient (Wildman–Crippen LogP) is 2.90. The molecule has 1 saturated heterocycles. The molecule has 2 aromatic carbocycles. The van der Waals surface area contributed by atoms with Gasteiger partial charge in [-0.25, -0.2) is 4.79 Å². The van der Waals surface area contributed by atoms with Gasteiger partial charge in [-0.15, -0.1) is 11.3 Å². The predicted molar refractivity (Wildman–Crippen MR) is 135 cm³/mol. The van der Waals surface area contributed by atoms with Crippen molar-refractivity contribution in [3.8, 4) is 11.1 Å². The molecule has 8 nitrogen and oxygen atoms in total. The Morgan fingerprint density at radius 1 is 1.06 bits per heavy atom. The Kier molecular flexibility index (Phi) is 8.14. The molecule has 1 aromatic heterocycles. The molecule has 0 aliphatic carbocycles. The molecule has 0 radical (unpaired) electrons. The fourth-order valence-electron chi connectivity index (χ4n) is 4.38. The van der Waals surface area contributed by atoms with E-state index in [9.17, 15) is 24.6 Å². The molecule has 188 valence electrons. The van der Waals surface area contributed by atoms with Crippen LogP contribution in [-0.2, 0) is 20.9 Å². The smallest absolute Gasteiger partial charge is 0.348 e. The highest BCUT2D eigenvalue weighted by Gasteiger charge is 2.38. The van der Waals surface area contributed by atoms with Crippen molar-refractivity contribution in [2.75, 3.05) is 13.7 Å². The number of carbonyl (C=O) groups excluding carboxylic acids is 3. The Bertz CT molecular complexity index is 1210. The van der Waals surface area contributed by atoms with Gasteiger partial charge < -0.3 is 25.2 Å². The molecule has 4 rings (SSSR count). The van der Waals surface area contributed by atoms with E-state index in [1.807, 2.05) is 53.9 Å². The number of carbonyl (C=O) groups is 3. The summed E-state index contributed by atoms with van der Waals surface area (Å²) in [6.45, 7) is 0.554. The molecule has 1 aliphatic rings. The van der Waals surface area contributed by atoms with Crippen LogP contribution in [0.25, 0.3) is 11.1 Å². The van der Waals surface area contributed by atoms with E-state index in [1.54, 1.807) is 12.1 Å². The van der Waals surface area contributed by atoms with Crippen LogP contribution < -0.4 is 5.32 Å². The number of aliphatic hydroxyl groups excluding tert-OH is 2. The minimum Gasteiger partial charge on any atom is -0.465 e. The van der Waals surface area contributed by atoms with Crippen molar-refractivity contribution < 1.29 is 29.3 Å². The Labute approximate surface area is 213 Å². The summed E-state index contributed by atoms with van der Waals surface area (Å²) >= 11 is 1.30. The third-order valence-electron chi connectivity index (χ3n) is 6.31. The number of hydrogen-bond donors (Lipinski definition) is 3. The van der Waals surface area contributed by atoms with Gasteiger partial charge in [0.2, 0.25) is 0 Å². The normalized spacial score (nSPS) is 16.9. The lowest BCUT2D eigenvalue weighted by atomic mass is 10.0. The molecular formula is C27H28N2O6S. The third kappa shape index (κ3) is 5.48. The maximum absolute atomic E-state index is 12.9. The van der Waals surface area contributed by atoms with Gasteiger partial charge in [0.15, 0.2) is 12.2 Å². The summed E-state index contributed by atoms with van der Waals surface area (Å²) in [6.07, 6.45) is -2.20. The Morgan fingerprint density at radius 2 is 1.78 bits per heavy atom. The second-order valence-corrected chi connectivity index (χ2v) is 9.48. The van der Waals surface area contributed by atoms with Crippen LogP contribution >= 0.6 is 11.3 Å². The van der Waals surface area contributed by atoms with Crippen LogP contribution in [-0.4, -0.2) is 58.8 Å². The van der Waals surface area contributed by atoms with E-state index in [2.05, 4.69) is 5.32 Å². The number of amides is 2. The quantitative estimate of drug-likeness (QED) is 0.403. The number of esters is 1. The highest BCUT2D eigenvalue weighted by atomic mass is 32.1. The van der Waals surface area contributed by atoms with Crippen molar-refractivity contribution in [3.63, 3.8) is 0 Å². The number of likely N-dealkylation sites (tertiary alicyclic amines) is 1. The number of hydrogen-bond acceptors (Lipinski definition) is 7. The van der Waals surface area contributed by atoms with Gasteiger partial charge >= 0.3 is 5.97 Å². The zero-order chi connectivity index (χ0) is 25.7. The Hall–Kier alpha value is -3.53. The molecule has 0 saturated carbocycles.